The lowest BCUT2D eigenvalue weighted by Crippen LogP contribution is -2.39. The van der Waals surface area contributed by atoms with Gasteiger partial charge in [0.25, 0.3) is 0 Å². The SMILES string of the molecule is CCC(C)(C)C(=O)NCC1CCC(C(=O)O)CC1. The summed E-state index contributed by atoms with van der Waals surface area (Å²) in [7, 11) is 0. The zero-order valence-corrected chi connectivity index (χ0v) is 11.7. The van der Waals surface area contributed by atoms with Gasteiger partial charge < -0.3 is 10.4 Å². The van der Waals surface area contributed by atoms with Crippen LogP contribution in [0.1, 0.15) is 52.9 Å². The second kappa shape index (κ2) is 6.21. The molecule has 104 valence electrons. The molecule has 1 aliphatic carbocycles. The second-order valence-corrected chi connectivity index (χ2v) is 6.00. The topological polar surface area (TPSA) is 66.4 Å². The van der Waals surface area contributed by atoms with E-state index in [1.165, 1.54) is 0 Å². The Bertz CT molecular complexity index is 304. The fraction of sp³-hybridized carbons (Fsp3) is 0.857. The van der Waals surface area contributed by atoms with Crippen molar-refractivity contribution >= 4 is 11.9 Å². The van der Waals surface area contributed by atoms with E-state index in [0.29, 0.717) is 12.5 Å². The Morgan fingerprint density at radius 1 is 1.22 bits per heavy atom. The summed E-state index contributed by atoms with van der Waals surface area (Å²) in [6.07, 6.45) is 4.12. The van der Waals surface area contributed by atoms with E-state index in [1.54, 1.807) is 0 Å². The highest BCUT2D eigenvalue weighted by atomic mass is 16.4. The lowest BCUT2D eigenvalue weighted by molar-refractivity contribution is -0.143. The lowest BCUT2D eigenvalue weighted by Gasteiger charge is -2.28. The third-order valence-electron chi connectivity index (χ3n) is 4.25. The van der Waals surface area contributed by atoms with Gasteiger partial charge in [-0.05, 0) is 38.0 Å². The Kier molecular flexibility index (Phi) is 5.17. The minimum Gasteiger partial charge on any atom is -0.481 e. The van der Waals surface area contributed by atoms with Crippen LogP contribution in [0.5, 0.6) is 0 Å². The van der Waals surface area contributed by atoms with Crippen LogP contribution in [0.4, 0.5) is 0 Å². The van der Waals surface area contributed by atoms with Crippen molar-refractivity contribution in [2.24, 2.45) is 17.3 Å². The molecule has 18 heavy (non-hydrogen) atoms. The van der Waals surface area contributed by atoms with Crippen LogP contribution in [-0.2, 0) is 9.59 Å². The predicted molar refractivity (Wildman–Crippen MR) is 70.2 cm³/mol. The first-order valence-corrected chi connectivity index (χ1v) is 6.88. The van der Waals surface area contributed by atoms with Crippen LogP contribution in [0.3, 0.4) is 0 Å². The van der Waals surface area contributed by atoms with Gasteiger partial charge in [-0.15, -0.1) is 0 Å². The van der Waals surface area contributed by atoms with Gasteiger partial charge in [0.15, 0.2) is 0 Å². The second-order valence-electron chi connectivity index (χ2n) is 6.00. The average Bonchev–Trinajstić information content (AvgIpc) is 2.36. The Morgan fingerprint density at radius 3 is 2.22 bits per heavy atom. The summed E-state index contributed by atoms with van der Waals surface area (Å²) in [5, 5.41) is 11.9. The summed E-state index contributed by atoms with van der Waals surface area (Å²) in [5.74, 6) is -0.309. The monoisotopic (exact) mass is 255 g/mol. The minimum absolute atomic E-state index is 0.102. The molecule has 1 fully saturated rings. The Morgan fingerprint density at radius 2 is 1.78 bits per heavy atom. The quantitative estimate of drug-likeness (QED) is 0.793. The maximum atomic E-state index is 11.9. The highest BCUT2D eigenvalue weighted by Gasteiger charge is 2.28. The van der Waals surface area contributed by atoms with Gasteiger partial charge in [-0.2, -0.15) is 0 Å². The van der Waals surface area contributed by atoms with Crippen molar-refractivity contribution in [3.8, 4) is 0 Å². The number of hydrogen-bond acceptors (Lipinski definition) is 2. The molecule has 0 unspecified atom stereocenters. The molecule has 0 atom stereocenters. The Hall–Kier alpha value is -1.06. The number of carbonyl (C=O) groups is 2. The number of amides is 1. The molecular formula is C14H25NO3. The minimum atomic E-state index is -0.676. The molecule has 4 nitrogen and oxygen atoms in total. The first-order valence-electron chi connectivity index (χ1n) is 6.88. The summed E-state index contributed by atoms with van der Waals surface area (Å²) >= 11 is 0. The van der Waals surface area contributed by atoms with Crippen LogP contribution >= 0.6 is 0 Å². The summed E-state index contributed by atoms with van der Waals surface area (Å²) < 4.78 is 0. The summed E-state index contributed by atoms with van der Waals surface area (Å²) in [6, 6.07) is 0. The van der Waals surface area contributed by atoms with E-state index in [-0.39, 0.29) is 17.2 Å². The molecule has 1 rings (SSSR count). The van der Waals surface area contributed by atoms with Gasteiger partial charge in [0.2, 0.25) is 5.91 Å². The molecule has 1 saturated carbocycles. The number of hydrogen-bond donors (Lipinski definition) is 2. The first-order chi connectivity index (χ1) is 8.36. The number of nitrogens with one attached hydrogen (secondary N) is 1. The lowest BCUT2D eigenvalue weighted by atomic mass is 9.81. The third kappa shape index (κ3) is 4.00. The molecule has 0 spiro atoms. The van der Waals surface area contributed by atoms with Crippen LogP contribution in [0.25, 0.3) is 0 Å². The van der Waals surface area contributed by atoms with E-state index >= 15 is 0 Å². The van der Waals surface area contributed by atoms with Crippen LogP contribution in [0.2, 0.25) is 0 Å². The van der Waals surface area contributed by atoms with Gasteiger partial charge >= 0.3 is 5.97 Å². The van der Waals surface area contributed by atoms with Crippen molar-refractivity contribution in [1.82, 2.24) is 5.32 Å². The highest BCUT2D eigenvalue weighted by molar-refractivity contribution is 5.81. The molecule has 0 saturated heterocycles. The molecule has 0 heterocycles. The van der Waals surface area contributed by atoms with Crippen molar-refractivity contribution < 1.29 is 14.7 Å². The average molecular weight is 255 g/mol. The van der Waals surface area contributed by atoms with Crippen molar-refractivity contribution in [1.29, 1.82) is 0 Å². The van der Waals surface area contributed by atoms with Gasteiger partial charge in [0.05, 0.1) is 5.92 Å². The van der Waals surface area contributed by atoms with Gasteiger partial charge in [0.1, 0.15) is 0 Å². The fourth-order valence-corrected chi connectivity index (χ4v) is 2.25. The summed E-state index contributed by atoms with van der Waals surface area (Å²) in [6.45, 7) is 6.60. The Balaban J connectivity index is 2.30. The van der Waals surface area contributed by atoms with Crippen molar-refractivity contribution in [2.45, 2.75) is 52.9 Å². The smallest absolute Gasteiger partial charge is 0.306 e. The van der Waals surface area contributed by atoms with Crippen LogP contribution in [0.15, 0.2) is 0 Å². The molecule has 0 radical (unpaired) electrons. The first kappa shape index (κ1) is 15.0. The van der Waals surface area contributed by atoms with Gasteiger partial charge in [0, 0.05) is 12.0 Å². The molecule has 0 aliphatic heterocycles. The van der Waals surface area contributed by atoms with E-state index in [0.717, 1.165) is 32.1 Å². The van der Waals surface area contributed by atoms with E-state index < -0.39 is 5.97 Å². The highest BCUT2D eigenvalue weighted by Crippen LogP contribution is 2.28. The third-order valence-corrected chi connectivity index (χ3v) is 4.25. The molecule has 1 amide bonds. The number of carboxylic acids is 1. The molecule has 0 aromatic rings. The number of aliphatic carboxylic acids is 1. The molecule has 0 aromatic carbocycles. The van der Waals surface area contributed by atoms with Crippen molar-refractivity contribution in [3.63, 3.8) is 0 Å². The molecule has 4 heteroatoms. The van der Waals surface area contributed by atoms with Crippen LogP contribution in [-0.4, -0.2) is 23.5 Å². The maximum absolute atomic E-state index is 11.9. The largest absolute Gasteiger partial charge is 0.481 e. The van der Waals surface area contributed by atoms with Crippen LogP contribution < -0.4 is 5.32 Å². The Labute approximate surface area is 109 Å². The van der Waals surface area contributed by atoms with Crippen molar-refractivity contribution in [3.05, 3.63) is 0 Å². The number of carboxylic acid groups (broad SMARTS) is 1. The molecular weight excluding hydrogens is 230 g/mol. The molecule has 0 bridgehead atoms. The van der Waals surface area contributed by atoms with E-state index in [2.05, 4.69) is 5.32 Å². The van der Waals surface area contributed by atoms with Crippen LogP contribution in [0, 0.1) is 17.3 Å². The maximum Gasteiger partial charge on any atom is 0.306 e. The molecule has 2 N–H and O–H groups in total. The zero-order valence-electron chi connectivity index (χ0n) is 11.7. The van der Waals surface area contributed by atoms with E-state index in [4.69, 9.17) is 5.11 Å². The van der Waals surface area contributed by atoms with Gasteiger partial charge in [-0.25, -0.2) is 0 Å². The van der Waals surface area contributed by atoms with E-state index in [9.17, 15) is 9.59 Å². The summed E-state index contributed by atoms with van der Waals surface area (Å²) in [4.78, 5) is 22.7. The predicted octanol–water partition coefficient (Wildman–Crippen LogP) is 2.43. The fourth-order valence-electron chi connectivity index (χ4n) is 2.25. The zero-order chi connectivity index (χ0) is 13.8. The van der Waals surface area contributed by atoms with Gasteiger partial charge in [-0.3, -0.25) is 9.59 Å². The molecule has 1 aliphatic rings. The van der Waals surface area contributed by atoms with Gasteiger partial charge in [-0.1, -0.05) is 20.8 Å². The molecule has 0 aromatic heterocycles. The number of carbonyl (C=O) groups excluding carboxylic acids is 1. The normalized spacial score (nSPS) is 24.6. The van der Waals surface area contributed by atoms with E-state index in [1.807, 2.05) is 20.8 Å². The number of rotatable bonds is 5. The standard InChI is InChI=1S/C14H25NO3/c1-4-14(2,3)13(18)15-9-10-5-7-11(8-6-10)12(16)17/h10-11H,4-9H2,1-3H3,(H,15,18)(H,16,17). The van der Waals surface area contributed by atoms with Crippen molar-refractivity contribution in [2.75, 3.05) is 6.54 Å². The summed E-state index contributed by atoms with van der Waals surface area (Å²) in [5.41, 5.74) is -0.307.